The lowest BCUT2D eigenvalue weighted by atomic mass is 9.82. The molecule has 9 amide bonds. The van der Waals surface area contributed by atoms with Gasteiger partial charge in [-0.15, -0.1) is 0 Å². The van der Waals surface area contributed by atoms with E-state index < -0.39 is 262 Å². The van der Waals surface area contributed by atoms with Crippen LogP contribution in [0.4, 0.5) is 0 Å². The molecule has 2 fully saturated rings. The zero-order valence-electron chi connectivity index (χ0n) is 60.2. The van der Waals surface area contributed by atoms with Gasteiger partial charge in [0.25, 0.3) is 0 Å². The first-order valence-corrected chi connectivity index (χ1v) is 35.7. The molecule has 2 saturated heterocycles. The molecule has 0 radical (unpaired) electrons. The predicted octanol–water partition coefficient (Wildman–Crippen LogP) is -0.978. The molecule has 22 N–H and O–H groups in total. The Balaban J connectivity index is 1.21. The largest absolute Gasteiger partial charge is 0.508 e. The standard InChI is InChI=1S/C72H85Cl2N11O26/c1-7-105-49(92)25-78-48(91)24-79-65(99)54-35-20-33(87)21-41(89)51(35)34-15-29(8-11-40(34)88)52-66(100)85-56(69(103)83-54)58(94)31-10-13-43(37(74)17-31)107-45-19-32-18-44(61(45)111-71-62(60(96)59(95)46(26-86)108-71)109-50-23-72(5,76)28(4)70(104)110-50)106-42-12-9-30(16-36(42)73)57(93)55(84-63(97)38(77-6)14-27(2)3)68(102)80-39(22-47(75)90)64(98)81-53(32)67(101)82-52/h8-13,15-21,27-28,38-39,46,50,52-60,62,70-71,77,86-89,93-96,104H,7,14,22-26,76H2,1-6H3,(H2,75,90)(H,78,91)(H,79,99)(H,80,102)(H,81,98)(H,82,101)(H,83,103)(H,84,97)(H,85,100)/t28-,38-,39+,46+,50-,52-,53-,54+,55-,56+,57-,58-,59+,60-,62+,70-,71-,72+/m1/s1. The SMILES string of the molecule is CCOC(=O)CNC(=O)CNC(=O)[C@H]1NC(=O)[C@H]2NC(=O)[C@H](NC(=O)[C@@H]3NC(=O)[C@H](CC(N)=O)NC(=O)[C@H](NC(=O)[C@@H](CC(C)C)NC)[C@H](O)c4ccc(c(Cl)c4)Oc4cc3cc(c4O[C@H]3O[C@@H](CO)[C@H](O)[C@@H](O)[C@@H]3O[C@H]3C[C@](C)(N)[C@H](C)[C@H](O)O3)Oc3ccc(cc3Cl)[C@H]2O)c2ccc(O)c(c2)-c2c(O)cc(O)cc21. The Morgan fingerprint density at radius 1 is 0.703 bits per heavy atom. The van der Waals surface area contributed by atoms with E-state index in [2.05, 4.69) is 47.9 Å². The van der Waals surface area contributed by atoms with Gasteiger partial charge in [-0.3, -0.25) is 47.9 Å². The maximum absolute atomic E-state index is 16.2. The molecule has 0 aliphatic carbocycles. The van der Waals surface area contributed by atoms with Gasteiger partial charge in [-0.2, -0.15) is 0 Å². The summed E-state index contributed by atoms with van der Waals surface area (Å²) in [7, 11) is 1.47. The lowest BCUT2D eigenvalue weighted by Gasteiger charge is -2.47. The second-order valence-electron chi connectivity index (χ2n) is 27.7. The Kier molecular flexibility index (Phi) is 26.2. The number of likely N-dealkylation sites (N-methyl/N-ethyl adjacent to an activating group) is 1. The number of rotatable bonds is 18. The number of aromatic hydroxyl groups is 3. The maximum atomic E-state index is 16.2. The van der Waals surface area contributed by atoms with Crippen molar-refractivity contribution in [3.63, 3.8) is 0 Å². The van der Waals surface area contributed by atoms with Gasteiger partial charge in [-0.1, -0.05) is 62.2 Å². The van der Waals surface area contributed by atoms with Crippen LogP contribution in [0.15, 0.2) is 78.9 Å². The van der Waals surface area contributed by atoms with Crippen LogP contribution in [0.1, 0.15) is 112 Å². The molecule has 0 saturated carbocycles. The summed E-state index contributed by atoms with van der Waals surface area (Å²) in [5.74, 6) is -18.3. The number of aliphatic hydroxyl groups excluding tert-OH is 6. The van der Waals surface area contributed by atoms with Crippen molar-refractivity contribution in [2.24, 2.45) is 23.3 Å². The number of esters is 1. The normalized spacial score (nSPS) is 27.7. The number of phenols is 3. The average molecular weight is 1590 g/mol. The van der Waals surface area contributed by atoms with Gasteiger partial charge in [0.1, 0.15) is 102 Å². The summed E-state index contributed by atoms with van der Waals surface area (Å²) in [5, 5.41) is 126. The van der Waals surface area contributed by atoms with Crippen molar-refractivity contribution in [2.75, 3.05) is 33.4 Å². The van der Waals surface area contributed by atoms with Crippen molar-refractivity contribution in [2.45, 2.75) is 157 Å². The van der Waals surface area contributed by atoms with Gasteiger partial charge in [0, 0.05) is 35.1 Å². The van der Waals surface area contributed by atoms with E-state index in [4.69, 9.17) is 67.8 Å². The Morgan fingerprint density at radius 2 is 1.32 bits per heavy atom. The number of carbonyl (C=O) groups is 10. The number of benzene rings is 5. The zero-order chi connectivity index (χ0) is 80.9. The Hall–Kier alpha value is -10.3. The second-order valence-corrected chi connectivity index (χ2v) is 28.5. The number of hydrogen-bond acceptors (Lipinski definition) is 28. The Bertz CT molecular complexity index is 4420. The van der Waals surface area contributed by atoms with E-state index in [0.29, 0.717) is 0 Å². The van der Waals surface area contributed by atoms with E-state index in [-0.39, 0.29) is 52.8 Å². The number of halogens is 2. The molecule has 39 heteroatoms. The van der Waals surface area contributed by atoms with Crippen LogP contribution in [0.3, 0.4) is 0 Å². The van der Waals surface area contributed by atoms with Crippen molar-refractivity contribution in [3.05, 3.63) is 117 Å². The van der Waals surface area contributed by atoms with Gasteiger partial charge in [-0.25, -0.2) is 0 Å². The zero-order valence-corrected chi connectivity index (χ0v) is 61.7. The summed E-state index contributed by atoms with van der Waals surface area (Å²) in [6.45, 7) is 5.75. The van der Waals surface area contributed by atoms with Crippen LogP contribution in [0.25, 0.3) is 11.1 Å². The monoisotopic (exact) mass is 1590 g/mol. The summed E-state index contributed by atoms with van der Waals surface area (Å²) in [6.07, 6.45) is -18.2. The van der Waals surface area contributed by atoms with Gasteiger partial charge < -0.3 is 138 Å². The van der Waals surface area contributed by atoms with Crippen LogP contribution in [-0.4, -0.2) is 211 Å². The topological polar surface area (TPSA) is 578 Å². The third kappa shape index (κ3) is 18.9. The summed E-state index contributed by atoms with van der Waals surface area (Å²) < 4.78 is 43.0. The number of fused-ring (bicyclic) bond motifs is 15. The smallest absolute Gasteiger partial charge is 0.325 e. The molecule has 0 aromatic heterocycles. The number of carbonyl (C=O) groups excluding carboxylic acids is 10. The number of ether oxygens (including phenoxy) is 7. The highest BCUT2D eigenvalue weighted by atomic mass is 35.5. The number of hydrogen-bond donors (Lipinski definition) is 20. The Labute approximate surface area is 642 Å². The number of amides is 9. The van der Waals surface area contributed by atoms with Gasteiger partial charge in [0.05, 0.1) is 42.3 Å². The molecule has 5 aromatic carbocycles. The van der Waals surface area contributed by atoms with E-state index in [1.54, 1.807) is 13.8 Å². The fourth-order valence-electron chi connectivity index (χ4n) is 13.0. The molecule has 0 unspecified atom stereocenters. The number of phenolic OH excluding ortho intramolecular Hbond substituents is 3. The second kappa shape index (κ2) is 35.0. The number of nitrogens with two attached hydrogens (primary N) is 2. The highest BCUT2D eigenvalue weighted by Crippen LogP contribution is 2.50. The van der Waals surface area contributed by atoms with E-state index in [1.807, 2.05) is 13.8 Å². The molecule has 11 bridgehead atoms. The summed E-state index contributed by atoms with van der Waals surface area (Å²) >= 11 is 14.2. The van der Waals surface area contributed by atoms with Gasteiger partial charge in [0.15, 0.2) is 30.2 Å². The molecule has 111 heavy (non-hydrogen) atoms. The molecule has 7 aliphatic heterocycles. The van der Waals surface area contributed by atoms with Crippen LogP contribution in [0.2, 0.25) is 10.0 Å². The van der Waals surface area contributed by atoms with Crippen LogP contribution < -0.4 is 73.5 Å². The van der Waals surface area contributed by atoms with E-state index in [1.165, 1.54) is 26.1 Å². The minimum absolute atomic E-state index is 0.0365. The first-order chi connectivity index (χ1) is 52.5. The molecule has 37 nitrogen and oxygen atoms in total. The summed E-state index contributed by atoms with van der Waals surface area (Å²) in [6, 6.07) is -0.931. The molecule has 7 heterocycles. The third-order valence-electron chi connectivity index (χ3n) is 19.2. The van der Waals surface area contributed by atoms with E-state index >= 15 is 19.2 Å². The average Bonchev–Trinajstić information content (AvgIpc) is 0.766. The first kappa shape index (κ1) is 83.2. The summed E-state index contributed by atoms with van der Waals surface area (Å²) in [4.78, 5) is 145. The van der Waals surface area contributed by atoms with Crippen LogP contribution in [0.5, 0.6) is 46.0 Å². The lowest BCUT2D eigenvalue weighted by molar-refractivity contribution is -0.348. The van der Waals surface area contributed by atoms with Crippen molar-refractivity contribution in [3.8, 4) is 57.1 Å². The highest BCUT2D eigenvalue weighted by molar-refractivity contribution is 6.32. The van der Waals surface area contributed by atoms with Crippen LogP contribution in [-0.2, 0) is 66.9 Å². The molecule has 18 atom stereocenters. The van der Waals surface area contributed by atoms with E-state index in [9.17, 15) is 74.7 Å². The van der Waals surface area contributed by atoms with Crippen molar-refractivity contribution >= 4 is 82.3 Å². The van der Waals surface area contributed by atoms with Crippen molar-refractivity contribution < 1.29 is 127 Å². The molecule has 5 aromatic rings. The molecule has 7 aliphatic rings. The molecule has 0 spiro atoms. The first-order valence-electron chi connectivity index (χ1n) is 34.9. The molecular weight excluding hydrogens is 1510 g/mol. The van der Waals surface area contributed by atoms with Gasteiger partial charge in [0.2, 0.25) is 65.2 Å². The van der Waals surface area contributed by atoms with Gasteiger partial charge >= 0.3 is 5.97 Å². The quantitative estimate of drug-likeness (QED) is 0.0469. The van der Waals surface area contributed by atoms with Crippen molar-refractivity contribution in [1.29, 1.82) is 0 Å². The highest BCUT2D eigenvalue weighted by Gasteiger charge is 2.52. The van der Waals surface area contributed by atoms with E-state index in [0.717, 1.165) is 66.7 Å². The minimum atomic E-state index is -2.39. The Morgan fingerprint density at radius 3 is 1.93 bits per heavy atom. The fraction of sp³-hybridized carbons (Fsp3) is 0.444. The van der Waals surface area contributed by atoms with Gasteiger partial charge in [-0.05, 0) is 116 Å². The van der Waals surface area contributed by atoms with Crippen LogP contribution >= 0.6 is 23.2 Å². The summed E-state index contributed by atoms with van der Waals surface area (Å²) in [5.41, 5.74) is 8.21. The molecule has 598 valence electrons. The third-order valence-corrected chi connectivity index (χ3v) is 19.8. The molecular formula is C72H85Cl2N11O26. The fourth-order valence-corrected chi connectivity index (χ4v) is 13.5. The van der Waals surface area contributed by atoms with Crippen LogP contribution in [0, 0.1) is 11.8 Å². The number of aliphatic hydroxyl groups is 6. The predicted molar refractivity (Wildman–Crippen MR) is 384 cm³/mol. The lowest BCUT2D eigenvalue weighted by Crippen LogP contribution is -2.63. The number of primary amides is 1. The molecule has 12 rings (SSSR count). The maximum Gasteiger partial charge on any atom is 0.325 e. The minimum Gasteiger partial charge on any atom is -0.508 e. The number of nitrogens with one attached hydrogen (secondary N) is 9. The van der Waals surface area contributed by atoms with Crippen molar-refractivity contribution in [1.82, 2.24) is 47.9 Å².